The van der Waals surface area contributed by atoms with Crippen molar-refractivity contribution in [1.82, 2.24) is 15.1 Å². The smallest absolute Gasteiger partial charge is 0.276 e. The summed E-state index contributed by atoms with van der Waals surface area (Å²) in [4.78, 5) is 12.4. The predicted molar refractivity (Wildman–Crippen MR) is 90.4 cm³/mol. The van der Waals surface area contributed by atoms with Crippen LogP contribution in [0.5, 0.6) is 0 Å². The van der Waals surface area contributed by atoms with E-state index in [4.69, 9.17) is 11.6 Å². The van der Waals surface area contributed by atoms with Gasteiger partial charge in [-0.25, -0.2) is 0 Å². The third-order valence-electron chi connectivity index (χ3n) is 3.81. The van der Waals surface area contributed by atoms with Crippen LogP contribution in [0.25, 0.3) is 0 Å². The summed E-state index contributed by atoms with van der Waals surface area (Å²) in [7, 11) is 1.92. The SMILES string of the molecule is CN[C@@H]1CCCn2nc(C(=O)Nc3cccc(Br)c3Cl)cc21. The van der Waals surface area contributed by atoms with Crippen LogP contribution in [0.1, 0.15) is 35.1 Å². The number of carbonyl (C=O) groups is 1. The van der Waals surface area contributed by atoms with Gasteiger partial charge in [-0.2, -0.15) is 5.10 Å². The molecule has 0 bridgehead atoms. The van der Waals surface area contributed by atoms with E-state index in [0.29, 0.717) is 16.4 Å². The van der Waals surface area contributed by atoms with Gasteiger partial charge in [0.05, 0.1) is 16.4 Å². The molecule has 3 rings (SSSR count). The molecule has 2 N–H and O–H groups in total. The molecule has 7 heteroatoms. The average molecular weight is 384 g/mol. The van der Waals surface area contributed by atoms with E-state index < -0.39 is 0 Å². The Morgan fingerprint density at radius 2 is 2.32 bits per heavy atom. The highest BCUT2D eigenvalue weighted by Crippen LogP contribution is 2.30. The van der Waals surface area contributed by atoms with Gasteiger partial charge in [-0.1, -0.05) is 17.7 Å². The number of hydrogen-bond donors (Lipinski definition) is 2. The van der Waals surface area contributed by atoms with Gasteiger partial charge in [-0.15, -0.1) is 0 Å². The largest absolute Gasteiger partial charge is 0.319 e. The van der Waals surface area contributed by atoms with Crippen molar-refractivity contribution in [3.63, 3.8) is 0 Å². The lowest BCUT2D eigenvalue weighted by molar-refractivity contribution is 0.102. The molecule has 1 atom stereocenters. The van der Waals surface area contributed by atoms with Gasteiger partial charge in [0.25, 0.3) is 5.91 Å². The first-order valence-electron chi connectivity index (χ1n) is 7.10. The van der Waals surface area contributed by atoms with Gasteiger partial charge in [0, 0.05) is 17.1 Å². The zero-order valence-electron chi connectivity index (χ0n) is 12.1. The molecule has 2 heterocycles. The lowest BCUT2D eigenvalue weighted by Gasteiger charge is -2.22. The number of carbonyl (C=O) groups excluding carboxylic acids is 1. The normalized spacial score (nSPS) is 17.1. The second-order valence-electron chi connectivity index (χ2n) is 5.22. The fraction of sp³-hybridized carbons (Fsp3) is 0.333. The summed E-state index contributed by atoms with van der Waals surface area (Å²) in [6.45, 7) is 0.846. The molecule has 1 aliphatic heterocycles. The lowest BCUT2D eigenvalue weighted by Crippen LogP contribution is -2.24. The summed E-state index contributed by atoms with van der Waals surface area (Å²) < 4.78 is 2.65. The maximum Gasteiger partial charge on any atom is 0.276 e. The minimum atomic E-state index is -0.253. The van der Waals surface area contributed by atoms with Crippen LogP contribution in [0.3, 0.4) is 0 Å². The number of nitrogens with one attached hydrogen (secondary N) is 2. The van der Waals surface area contributed by atoms with Crippen molar-refractivity contribution in [3.05, 3.63) is 45.1 Å². The number of aromatic nitrogens is 2. The van der Waals surface area contributed by atoms with Crippen LogP contribution in [0.15, 0.2) is 28.7 Å². The van der Waals surface area contributed by atoms with Crippen molar-refractivity contribution in [2.45, 2.75) is 25.4 Å². The third kappa shape index (κ3) is 2.91. The van der Waals surface area contributed by atoms with Crippen molar-refractivity contribution in [3.8, 4) is 0 Å². The molecule has 0 fully saturated rings. The van der Waals surface area contributed by atoms with Crippen molar-refractivity contribution in [2.24, 2.45) is 0 Å². The molecule has 2 aromatic rings. The van der Waals surface area contributed by atoms with E-state index in [-0.39, 0.29) is 11.9 Å². The molecule has 1 amide bonds. The van der Waals surface area contributed by atoms with Crippen LogP contribution in [0.2, 0.25) is 5.02 Å². The standard InChI is InChI=1S/C15H16BrClN4O/c1-18-10-6-3-7-21-13(10)8-12(20-21)15(22)19-11-5-2-4-9(16)14(11)17/h2,4-5,8,10,18H,3,6-7H2,1H3,(H,19,22)/t10-/m1/s1. The maximum absolute atomic E-state index is 12.4. The highest BCUT2D eigenvalue weighted by molar-refractivity contribution is 9.10. The maximum atomic E-state index is 12.4. The number of rotatable bonds is 3. The summed E-state index contributed by atoms with van der Waals surface area (Å²) in [5, 5.41) is 11.0. The van der Waals surface area contributed by atoms with E-state index in [0.717, 1.165) is 29.6 Å². The summed E-state index contributed by atoms with van der Waals surface area (Å²) >= 11 is 9.52. The molecule has 1 aromatic carbocycles. The van der Waals surface area contributed by atoms with Gasteiger partial charge in [0.2, 0.25) is 0 Å². The van der Waals surface area contributed by atoms with Gasteiger partial charge in [0.1, 0.15) is 0 Å². The lowest BCUT2D eigenvalue weighted by atomic mass is 10.0. The van der Waals surface area contributed by atoms with Crippen LogP contribution < -0.4 is 10.6 Å². The number of aryl methyl sites for hydroxylation is 1. The Morgan fingerprint density at radius 3 is 3.09 bits per heavy atom. The minimum Gasteiger partial charge on any atom is -0.319 e. The van der Waals surface area contributed by atoms with E-state index in [1.807, 2.05) is 29.9 Å². The Balaban J connectivity index is 1.84. The van der Waals surface area contributed by atoms with E-state index in [2.05, 4.69) is 31.7 Å². The van der Waals surface area contributed by atoms with E-state index in [1.165, 1.54) is 0 Å². The first kappa shape index (κ1) is 15.5. The fourth-order valence-corrected chi connectivity index (χ4v) is 3.21. The molecule has 5 nitrogen and oxygen atoms in total. The van der Waals surface area contributed by atoms with Crippen molar-refractivity contribution in [1.29, 1.82) is 0 Å². The highest BCUT2D eigenvalue weighted by atomic mass is 79.9. The molecule has 0 saturated heterocycles. The molecule has 0 saturated carbocycles. The summed E-state index contributed by atoms with van der Waals surface area (Å²) in [5.41, 5.74) is 2.03. The van der Waals surface area contributed by atoms with E-state index >= 15 is 0 Å². The second-order valence-corrected chi connectivity index (χ2v) is 6.45. The number of amides is 1. The first-order chi connectivity index (χ1) is 10.6. The van der Waals surface area contributed by atoms with Crippen molar-refractivity contribution in [2.75, 3.05) is 12.4 Å². The Labute approximate surface area is 142 Å². The zero-order valence-corrected chi connectivity index (χ0v) is 14.4. The molecule has 116 valence electrons. The first-order valence-corrected chi connectivity index (χ1v) is 8.27. The van der Waals surface area contributed by atoms with Crippen LogP contribution in [0, 0.1) is 0 Å². The topological polar surface area (TPSA) is 59.0 Å². The van der Waals surface area contributed by atoms with Crippen LogP contribution in [-0.4, -0.2) is 22.7 Å². The quantitative estimate of drug-likeness (QED) is 0.851. The Morgan fingerprint density at radius 1 is 1.50 bits per heavy atom. The fourth-order valence-electron chi connectivity index (χ4n) is 2.67. The number of halogens is 2. The van der Waals surface area contributed by atoms with Gasteiger partial charge in [-0.05, 0) is 54.0 Å². The van der Waals surface area contributed by atoms with Gasteiger partial charge in [0.15, 0.2) is 5.69 Å². The van der Waals surface area contributed by atoms with Crippen LogP contribution >= 0.6 is 27.5 Å². The summed E-state index contributed by atoms with van der Waals surface area (Å²) in [6, 6.07) is 7.50. The molecular weight excluding hydrogens is 368 g/mol. The van der Waals surface area contributed by atoms with Crippen LogP contribution in [-0.2, 0) is 6.54 Å². The number of fused-ring (bicyclic) bond motifs is 1. The van der Waals surface area contributed by atoms with Crippen molar-refractivity contribution < 1.29 is 4.79 Å². The minimum absolute atomic E-state index is 0.247. The summed E-state index contributed by atoms with van der Waals surface area (Å²) in [6.07, 6.45) is 2.11. The van der Waals surface area contributed by atoms with E-state index in [1.54, 1.807) is 6.07 Å². The number of benzene rings is 1. The van der Waals surface area contributed by atoms with Crippen molar-refractivity contribution >= 4 is 39.1 Å². The molecule has 22 heavy (non-hydrogen) atoms. The van der Waals surface area contributed by atoms with E-state index in [9.17, 15) is 4.79 Å². The second kappa shape index (κ2) is 6.40. The third-order valence-corrected chi connectivity index (χ3v) is 5.11. The number of nitrogens with zero attached hydrogens (tertiary/aromatic N) is 2. The molecule has 0 aliphatic carbocycles. The molecule has 0 unspecified atom stereocenters. The van der Waals surface area contributed by atoms with Gasteiger partial charge >= 0.3 is 0 Å². The Kier molecular flexibility index (Phi) is 4.52. The molecule has 0 spiro atoms. The predicted octanol–water partition coefficient (Wildman–Crippen LogP) is 3.61. The Hall–Kier alpha value is -1.37. The average Bonchev–Trinajstić information content (AvgIpc) is 2.96. The molecule has 1 aliphatic rings. The monoisotopic (exact) mass is 382 g/mol. The van der Waals surface area contributed by atoms with Gasteiger partial charge < -0.3 is 10.6 Å². The summed E-state index contributed by atoms with van der Waals surface area (Å²) in [5.74, 6) is -0.253. The molecule has 1 aromatic heterocycles. The Bertz CT molecular complexity index is 716. The highest BCUT2D eigenvalue weighted by Gasteiger charge is 2.23. The van der Waals surface area contributed by atoms with Gasteiger partial charge in [-0.3, -0.25) is 9.48 Å². The zero-order chi connectivity index (χ0) is 15.7. The molecule has 0 radical (unpaired) electrons. The number of hydrogen-bond acceptors (Lipinski definition) is 3. The molecular formula is C15H16BrClN4O. The number of anilines is 1. The van der Waals surface area contributed by atoms with Crippen LogP contribution in [0.4, 0.5) is 5.69 Å².